The molecule has 8 heteroatoms. The minimum Gasteiger partial charge on any atom is -0.354 e. The number of hydrogen-bond donors (Lipinski definition) is 0. The smallest absolute Gasteiger partial charge is 0.211 e. The topological polar surface area (TPSA) is 79.3 Å². The number of aryl methyl sites for hydroxylation is 1. The Labute approximate surface area is 136 Å². The summed E-state index contributed by atoms with van der Waals surface area (Å²) < 4.78 is 24.7. The van der Waals surface area contributed by atoms with Gasteiger partial charge in [0.25, 0.3) is 0 Å². The quantitative estimate of drug-likeness (QED) is 0.831. The molecule has 0 bridgehead atoms. The molecule has 1 saturated heterocycles. The van der Waals surface area contributed by atoms with Crippen LogP contribution in [0.5, 0.6) is 0 Å². The molecular weight excluding hydrogens is 314 g/mol. The average Bonchev–Trinajstić information content (AvgIpc) is 2.54. The highest BCUT2D eigenvalue weighted by Crippen LogP contribution is 2.21. The van der Waals surface area contributed by atoms with Crippen molar-refractivity contribution < 1.29 is 8.42 Å². The summed E-state index contributed by atoms with van der Waals surface area (Å²) in [5, 5.41) is 0. The number of nitrogens with zero attached hydrogens (tertiary/aromatic N) is 5. The first-order chi connectivity index (χ1) is 10.9. The Kier molecular flexibility index (Phi) is 4.27. The fourth-order valence-electron chi connectivity index (χ4n) is 2.59. The van der Waals surface area contributed by atoms with Crippen LogP contribution in [-0.2, 0) is 10.0 Å². The summed E-state index contributed by atoms with van der Waals surface area (Å²) in [7, 11) is -3.12. The maximum atomic E-state index is 11.6. The van der Waals surface area contributed by atoms with Gasteiger partial charge in [0, 0.05) is 55.9 Å². The molecule has 0 saturated carbocycles. The molecule has 0 N–H and O–H groups in total. The Morgan fingerprint density at radius 1 is 1.04 bits per heavy atom. The number of pyridine rings is 1. The number of sulfonamides is 1. The van der Waals surface area contributed by atoms with Gasteiger partial charge in [-0.25, -0.2) is 18.4 Å². The Balaban J connectivity index is 1.83. The molecule has 0 atom stereocenters. The summed E-state index contributed by atoms with van der Waals surface area (Å²) >= 11 is 0. The van der Waals surface area contributed by atoms with E-state index in [1.54, 1.807) is 12.4 Å². The summed E-state index contributed by atoms with van der Waals surface area (Å²) in [5.41, 5.74) is 1.80. The van der Waals surface area contributed by atoms with Gasteiger partial charge >= 0.3 is 0 Å². The van der Waals surface area contributed by atoms with E-state index in [9.17, 15) is 8.42 Å². The van der Waals surface area contributed by atoms with E-state index in [-0.39, 0.29) is 0 Å². The van der Waals surface area contributed by atoms with Crippen LogP contribution in [0.2, 0.25) is 0 Å². The van der Waals surface area contributed by atoms with Crippen molar-refractivity contribution in [3.05, 3.63) is 36.3 Å². The molecule has 0 aromatic carbocycles. The van der Waals surface area contributed by atoms with Crippen LogP contribution in [0.15, 0.2) is 30.6 Å². The minimum absolute atomic E-state index is 0.479. The molecule has 7 nitrogen and oxygen atoms in total. The number of aromatic nitrogens is 3. The second-order valence-corrected chi connectivity index (χ2v) is 7.56. The molecule has 3 heterocycles. The predicted octanol–water partition coefficient (Wildman–Crippen LogP) is 0.929. The van der Waals surface area contributed by atoms with Crippen LogP contribution in [0.25, 0.3) is 11.4 Å². The van der Waals surface area contributed by atoms with E-state index >= 15 is 0 Å². The maximum absolute atomic E-state index is 11.6. The lowest BCUT2D eigenvalue weighted by atomic mass is 10.2. The third kappa shape index (κ3) is 3.65. The summed E-state index contributed by atoms with van der Waals surface area (Å²) in [4.78, 5) is 15.2. The Hall–Kier alpha value is -2.06. The van der Waals surface area contributed by atoms with Crippen molar-refractivity contribution in [1.82, 2.24) is 19.3 Å². The Morgan fingerprint density at radius 3 is 2.30 bits per heavy atom. The zero-order chi connectivity index (χ0) is 16.4. The van der Waals surface area contributed by atoms with Gasteiger partial charge in [-0.15, -0.1) is 0 Å². The average molecular weight is 333 g/mol. The SMILES string of the molecule is Cc1cc(N2CCN(S(C)(=O)=O)CC2)nc(-c2ccncc2)n1. The first kappa shape index (κ1) is 15.8. The lowest BCUT2D eigenvalue weighted by molar-refractivity contribution is 0.387. The van der Waals surface area contributed by atoms with E-state index < -0.39 is 10.0 Å². The maximum Gasteiger partial charge on any atom is 0.211 e. The molecule has 0 radical (unpaired) electrons. The summed E-state index contributed by atoms with van der Waals surface area (Å²) in [6.45, 7) is 4.14. The molecule has 1 fully saturated rings. The number of rotatable bonds is 3. The first-order valence-electron chi connectivity index (χ1n) is 7.39. The Bertz CT molecular complexity index is 787. The van der Waals surface area contributed by atoms with Gasteiger partial charge < -0.3 is 4.90 Å². The van der Waals surface area contributed by atoms with Crippen LogP contribution < -0.4 is 4.90 Å². The molecule has 1 aliphatic rings. The van der Waals surface area contributed by atoms with Crippen molar-refractivity contribution in [3.8, 4) is 11.4 Å². The van der Waals surface area contributed by atoms with Crippen LogP contribution in [-0.4, -0.2) is 60.1 Å². The summed E-state index contributed by atoms with van der Waals surface area (Å²) in [5.74, 6) is 1.49. The van der Waals surface area contributed by atoms with Gasteiger partial charge in [0.15, 0.2) is 5.82 Å². The van der Waals surface area contributed by atoms with E-state index in [1.807, 2.05) is 25.1 Å². The van der Waals surface area contributed by atoms with E-state index in [1.165, 1.54) is 10.6 Å². The highest BCUT2D eigenvalue weighted by atomic mass is 32.2. The Morgan fingerprint density at radius 2 is 1.70 bits per heavy atom. The fourth-order valence-corrected chi connectivity index (χ4v) is 3.42. The molecule has 0 amide bonds. The number of hydrogen-bond acceptors (Lipinski definition) is 6. The van der Waals surface area contributed by atoms with Crippen LogP contribution in [0.3, 0.4) is 0 Å². The highest BCUT2D eigenvalue weighted by Gasteiger charge is 2.24. The van der Waals surface area contributed by atoms with Gasteiger partial charge in [-0.05, 0) is 19.1 Å². The third-order valence-electron chi connectivity index (χ3n) is 3.81. The van der Waals surface area contributed by atoms with E-state index in [2.05, 4.69) is 19.9 Å². The van der Waals surface area contributed by atoms with Crippen molar-refractivity contribution in [2.45, 2.75) is 6.92 Å². The van der Waals surface area contributed by atoms with Crippen molar-refractivity contribution in [1.29, 1.82) is 0 Å². The van der Waals surface area contributed by atoms with Gasteiger partial charge in [-0.2, -0.15) is 4.31 Å². The molecular formula is C15H19N5O2S. The molecule has 0 spiro atoms. The van der Waals surface area contributed by atoms with Crippen LogP contribution in [0.4, 0.5) is 5.82 Å². The molecule has 122 valence electrons. The van der Waals surface area contributed by atoms with Crippen molar-refractivity contribution in [2.75, 3.05) is 37.3 Å². The van der Waals surface area contributed by atoms with Gasteiger partial charge in [0.2, 0.25) is 10.0 Å². The monoisotopic (exact) mass is 333 g/mol. The normalized spacial score (nSPS) is 16.5. The van der Waals surface area contributed by atoms with E-state index in [4.69, 9.17) is 0 Å². The van der Waals surface area contributed by atoms with Gasteiger partial charge in [-0.3, -0.25) is 4.98 Å². The van der Waals surface area contributed by atoms with Crippen LogP contribution in [0.1, 0.15) is 5.69 Å². The molecule has 2 aromatic rings. The van der Waals surface area contributed by atoms with Gasteiger partial charge in [0.05, 0.1) is 6.26 Å². The molecule has 1 aliphatic heterocycles. The molecule has 2 aromatic heterocycles. The first-order valence-corrected chi connectivity index (χ1v) is 9.24. The van der Waals surface area contributed by atoms with Crippen LogP contribution in [0, 0.1) is 6.92 Å². The predicted molar refractivity (Wildman–Crippen MR) is 88.6 cm³/mol. The molecule has 23 heavy (non-hydrogen) atoms. The number of anilines is 1. The second-order valence-electron chi connectivity index (χ2n) is 5.58. The minimum atomic E-state index is -3.12. The summed E-state index contributed by atoms with van der Waals surface area (Å²) in [6.07, 6.45) is 4.68. The third-order valence-corrected chi connectivity index (χ3v) is 5.11. The fraction of sp³-hybridized carbons (Fsp3) is 0.400. The summed E-state index contributed by atoms with van der Waals surface area (Å²) in [6, 6.07) is 5.68. The van der Waals surface area contributed by atoms with E-state index in [0.717, 1.165) is 17.1 Å². The molecule has 0 unspecified atom stereocenters. The van der Waals surface area contributed by atoms with Crippen molar-refractivity contribution in [2.24, 2.45) is 0 Å². The van der Waals surface area contributed by atoms with Crippen molar-refractivity contribution >= 4 is 15.8 Å². The largest absolute Gasteiger partial charge is 0.354 e. The highest BCUT2D eigenvalue weighted by molar-refractivity contribution is 7.88. The van der Waals surface area contributed by atoms with E-state index in [0.29, 0.717) is 32.0 Å². The lowest BCUT2D eigenvalue weighted by Gasteiger charge is -2.34. The molecule has 0 aliphatic carbocycles. The second kappa shape index (κ2) is 6.21. The van der Waals surface area contributed by atoms with Crippen LogP contribution >= 0.6 is 0 Å². The number of piperazine rings is 1. The van der Waals surface area contributed by atoms with Gasteiger partial charge in [-0.1, -0.05) is 0 Å². The lowest BCUT2D eigenvalue weighted by Crippen LogP contribution is -2.48. The molecule has 3 rings (SSSR count). The van der Waals surface area contributed by atoms with Gasteiger partial charge in [0.1, 0.15) is 5.82 Å². The zero-order valence-electron chi connectivity index (χ0n) is 13.2. The zero-order valence-corrected chi connectivity index (χ0v) is 14.0. The van der Waals surface area contributed by atoms with Crippen molar-refractivity contribution in [3.63, 3.8) is 0 Å². The standard InChI is InChI=1S/C15H19N5O2S/c1-12-11-14(18-15(17-12)13-3-5-16-6-4-13)19-7-9-20(10-8-19)23(2,21)22/h3-6,11H,7-10H2,1-2H3.